The second kappa shape index (κ2) is 12.8. The Labute approximate surface area is 220 Å². The molecule has 216 valence electrons. The highest BCUT2D eigenvalue weighted by Gasteiger charge is 2.55. The fourth-order valence-corrected chi connectivity index (χ4v) is 5.51. The Bertz CT molecular complexity index is 898. The van der Waals surface area contributed by atoms with E-state index >= 15 is 0 Å². The van der Waals surface area contributed by atoms with Crippen LogP contribution in [0.5, 0.6) is 0 Å². The van der Waals surface area contributed by atoms with Crippen LogP contribution in [0.25, 0.3) is 0 Å². The first kappa shape index (κ1) is 31.4. The number of carbonyl (C=O) groups excluding carboxylic acids is 4. The highest BCUT2D eigenvalue weighted by molar-refractivity contribution is 5.97. The molecule has 0 unspecified atom stereocenters. The third kappa shape index (κ3) is 6.96. The predicted octanol–water partition coefficient (Wildman–Crippen LogP) is 2.17. The van der Waals surface area contributed by atoms with E-state index in [2.05, 4.69) is 5.32 Å². The first-order valence-electron chi connectivity index (χ1n) is 13.1. The molecule has 1 aliphatic heterocycles. The van der Waals surface area contributed by atoms with Gasteiger partial charge in [0.05, 0.1) is 6.42 Å². The van der Waals surface area contributed by atoms with Crippen molar-refractivity contribution in [3.8, 4) is 0 Å². The van der Waals surface area contributed by atoms with Gasteiger partial charge in [-0.2, -0.15) is 13.2 Å². The van der Waals surface area contributed by atoms with Crippen LogP contribution in [-0.2, 0) is 24.0 Å². The van der Waals surface area contributed by atoms with Crippen molar-refractivity contribution in [2.75, 3.05) is 26.7 Å². The summed E-state index contributed by atoms with van der Waals surface area (Å²) in [5, 5.41) is 11.9. The molecule has 1 heterocycles. The van der Waals surface area contributed by atoms with Gasteiger partial charge in [0, 0.05) is 26.7 Å². The molecule has 0 radical (unpaired) electrons. The predicted molar refractivity (Wildman–Crippen MR) is 131 cm³/mol. The molecule has 13 heteroatoms. The summed E-state index contributed by atoms with van der Waals surface area (Å²) in [6.07, 6.45) is -3.01. The Morgan fingerprint density at radius 1 is 1.03 bits per heavy atom. The monoisotopic (exact) mass is 548 g/mol. The number of carboxylic acids is 1. The summed E-state index contributed by atoms with van der Waals surface area (Å²) >= 11 is 0. The molecule has 2 atom stereocenters. The number of hydrogen-bond donors (Lipinski definition) is 2. The van der Waals surface area contributed by atoms with Gasteiger partial charge in [-0.15, -0.1) is 0 Å². The van der Waals surface area contributed by atoms with E-state index in [-0.39, 0.29) is 19.4 Å². The number of hydrogen-bond acceptors (Lipinski definition) is 5. The zero-order valence-corrected chi connectivity index (χ0v) is 22.5. The molecule has 10 nitrogen and oxygen atoms in total. The van der Waals surface area contributed by atoms with Gasteiger partial charge in [0.25, 0.3) is 0 Å². The minimum atomic E-state index is -5.17. The lowest BCUT2D eigenvalue weighted by Gasteiger charge is -2.44. The molecule has 2 rings (SSSR count). The smallest absolute Gasteiger partial charge is 0.471 e. The van der Waals surface area contributed by atoms with Crippen molar-refractivity contribution in [3.05, 3.63) is 0 Å². The molecule has 1 saturated heterocycles. The molecule has 4 amide bonds. The van der Waals surface area contributed by atoms with Gasteiger partial charge in [0.1, 0.15) is 17.6 Å². The number of halogens is 3. The van der Waals surface area contributed by atoms with E-state index in [4.69, 9.17) is 0 Å². The van der Waals surface area contributed by atoms with Gasteiger partial charge < -0.3 is 25.1 Å². The van der Waals surface area contributed by atoms with E-state index in [0.29, 0.717) is 37.3 Å². The van der Waals surface area contributed by atoms with Crippen molar-refractivity contribution in [3.63, 3.8) is 0 Å². The van der Waals surface area contributed by atoms with E-state index in [1.165, 1.54) is 9.80 Å². The Morgan fingerprint density at radius 2 is 1.58 bits per heavy atom. The number of carbonyl (C=O) groups is 5. The summed E-state index contributed by atoms with van der Waals surface area (Å²) in [6, 6.07) is -2.55. The molecular weight excluding hydrogens is 509 g/mol. The Balaban J connectivity index is 2.41. The van der Waals surface area contributed by atoms with Crippen molar-refractivity contribution in [1.82, 2.24) is 20.0 Å². The maximum absolute atomic E-state index is 14.0. The maximum atomic E-state index is 14.0. The van der Waals surface area contributed by atoms with Crippen LogP contribution in [0.2, 0.25) is 0 Å². The summed E-state index contributed by atoms with van der Waals surface area (Å²) in [4.78, 5) is 67.4. The number of carboxylic acid groups (broad SMARTS) is 1. The summed E-state index contributed by atoms with van der Waals surface area (Å²) in [5.41, 5.74) is -1.76. The van der Waals surface area contributed by atoms with Crippen LogP contribution in [0.3, 0.4) is 0 Å². The van der Waals surface area contributed by atoms with Gasteiger partial charge >= 0.3 is 18.1 Å². The molecule has 0 bridgehead atoms. The summed E-state index contributed by atoms with van der Waals surface area (Å²) < 4.78 is 40.0. The van der Waals surface area contributed by atoms with Gasteiger partial charge in [-0.05, 0) is 38.0 Å². The number of aliphatic carboxylic acids is 1. The van der Waals surface area contributed by atoms with Crippen LogP contribution in [0.15, 0.2) is 0 Å². The second-order valence-electron chi connectivity index (χ2n) is 10.5. The SMILES string of the molecule is CCCN(C(=O)C1(N(C)C(=O)C(F)(F)F)CCCC1)[C@H](C(=O)N[C@@H](CC(=O)O)C(=O)N1CCCC1)C(C)C. The van der Waals surface area contributed by atoms with E-state index in [0.717, 1.165) is 19.9 Å². The fourth-order valence-electron chi connectivity index (χ4n) is 5.51. The standard InChI is InChI=1S/C25H39F3N4O6/c1-5-12-32(22(37)24(10-6-7-11-24)30(4)23(38)25(26,27)28)19(16(2)3)20(35)29-17(15-18(33)34)21(36)31-13-8-9-14-31/h16-17,19H,5-15H2,1-4H3,(H,29,35)(H,33,34)/t17-,19-/m0/s1. The Morgan fingerprint density at radius 3 is 2.03 bits per heavy atom. The van der Waals surface area contributed by atoms with Crippen molar-refractivity contribution < 1.29 is 42.3 Å². The Hall–Kier alpha value is -2.86. The van der Waals surface area contributed by atoms with Gasteiger partial charge in [0.2, 0.25) is 17.7 Å². The number of likely N-dealkylation sites (tertiary alicyclic amines) is 1. The van der Waals surface area contributed by atoms with Crippen molar-refractivity contribution >= 4 is 29.6 Å². The van der Waals surface area contributed by atoms with Crippen molar-refractivity contribution in [1.29, 1.82) is 0 Å². The first-order valence-corrected chi connectivity index (χ1v) is 13.1. The third-order valence-corrected chi connectivity index (χ3v) is 7.39. The largest absolute Gasteiger partial charge is 0.481 e. The molecule has 38 heavy (non-hydrogen) atoms. The summed E-state index contributed by atoms with van der Waals surface area (Å²) in [7, 11) is 0.964. The van der Waals surface area contributed by atoms with Gasteiger partial charge in [0.15, 0.2) is 0 Å². The van der Waals surface area contributed by atoms with Gasteiger partial charge in [-0.25, -0.2) is 0 Å². The molecule has 0 aromatic carbocycles. The zero-order chi connectivity index (χ0) is 28.8. The van der Waals surface area contributed by atoms with Gasteiger partial charge in [-0.3, -0.25) is 24.0 Å². The van der Waals surface area contributed by atoms with Crippen molar-refractivity contribution in [2.45, 2.75) is 95.9 Å². The number of amides is 4. The summed E-state index contributed by atoms with van der Waals surface area (Å²) in [6.45, 7) is 5.96. The van der Waals surface area contributed by atoms with Crippen LogP contribution in [0.1, 0.15) is 72.1 Å². The van der Waals surface area contributed by atoms with Crippen molar-refractivity contribution in [2.24, 2.45) is 5.92 Å². The minimum Gasteiger partial charge on any atom is -0.481 e. The molecule has 1 aliphatic carbocycles. The fraction of sp³-hybridized carbons (Fsp3) is 0.800. The van der Waals surface area contributed by atoms with Crippen LogP contribution in [0, 0.1) is 5.92 Å². The molecule has 0 aromatic heterocycles. The Kier molecular flexibility index (Phi) is 10.6. The van der Waals surface area contributed by atoms with E-state index in [9.17, 15) is 42.3 Å². The molecule has 2 aliphatic rings. The molecule has 0 aromatic rings. The number of likely N-dealkylation sites (N-methyl/N-ethyl adjacent to an activating group) is 1. The average molecular weight is 549 g/mol. The topological polar surface area (TPSA) is 127 Å². The van der Waals surface area contributed by atoms with Crippen LogP contribution in [-0.4, -0.2) is 99.9 Å². The highest BCUT2D eigenvalue weighted by atomic mass is 19.4. The summed E-state index contributed by atoms with van der Waals surface area (Å²) in [5.74, 6) is -6.00. The number of nitrogens with one attached hydrogen (secondary N) is 1. The molecule has 2 N–H and O–H groups in total. The second-order valence-corrected chi connectivity index (χ2v) is 10.5. The zero-order valence-electron chi connectivity index (χ0n) is 22.5. The lowest BCUT2D eigenvalue weighted by Crippen LogP contribution is -2.65. The lowest BCUT2D eigenvalue weighted by atomic mass is 9.90. The van der Waals surface area contributed by atoms with Crippen LogP contribution >= 0.6 is 0 Å². The van der Waals surface area contributed by atoms with Crippen LogP contribution in [0.4, 0.5) is 13.2 Å². The first-order chi connectivity index (χ1) is 17.7. The number of nitrogens with zero attached hydrogens (tertiary/aromatic N) is 3. The van der Waals surface area contributed by atoms with Crippen LogP contribution < -0.4 is 5.32 Å². The lowest BCUT2D eigenvalue weighted by molar-refractivity contribution is -0.192. The average Bonchev–Trinajstić information content (AvgIpc) is 3.53. The van der Waals surface area contributed by atoms with Gasteiger partial charge in [-0.1, -0.05) is 33.6 Å². The number of rotatable bonds is 11. The normalized spacial score (nSPS) is 18.7. The van der Waals surface area contributed by atoms with E-state index in [1.54, 1.807) is 20.8 Å². The molecule has 1 saturated carbocycles. The molecular formula is C25H39F3N4O6. The highest BCUT2D eigenvalue weighted by Crippen LogP contribution is 2.39. The number of alkyl halides is 3. The third-order valence-electron chi connectivity index (χ3n) is 7.39. The molecule has 2 fully saturated rings. The van der Waals surface area contributed by atoms with E-state index in [1.807, 2.05) is 0 Å². The molecule has 0 spiro atoms. The van der Waals surface area contributed by atoms with E-state index < -0.39 is 65.7 Å². The maximum Gasteiger partial charge on any atom is 0.471 e. The quantitative estimate of drug-likeness (QED) is 0.408. The minimum absolute atomic E-state index is 0.0197.